The summed E-state index contributed by atoms with van der Waals surface area (Å²) in [7, 11) is 0. The number of hydrogen-bond donors (Lipinski definition) is 1. The number of rotatable bonds is 3. The van der Waals surface area contributed by atoms with Crippen LogP contribution in [-0.4, -0.2) is 23.3 Å². The number of carbonyl (C=O) groups excluding carboxylic acids is 2. The second-order valence-electron chi connectivity index (χ2n) is 5.96. The first kappa shape index (κ1) is 15.7. The molecule has 2 amide bonds. The first-order chi connectivity index (χ1) is 10.9. The van der Waals surface area contributed by atoms with Crippen LogP contribution in [0.2, 0.25) is 0 Å². The fraction of sp³-hybridized carbons (Fsp3) is 0.353. The van der Waals surface area contributed by atoms with Crippen molar-refractivity contribution in [3.63, 3.8) is 0 Å². The molecule has 2 aromatic rings. The molecule has 120 valence electrons. The third-order valence-electron chi connectivity index (χ3n) is 4.15. The van der Waals surface area contributed by atoms with Crippen LogP contribution in [0.1, 0.15) is 23.2 Å². The lowest BCUT2D eigenvalue weighted by molar-refractivity contribution is -0.122. The number of hydrogen-bond acceptors (Lipinski definition) is 4. The number of carbonyl (C=O) groups is 2. The number of nitrogens with zero attached hydrogens (tertiary/aromatic N) is 2. The molecule has 1 atom stereocenters. The van der Waals surface area contributed by atoms with Gasteiger partial charge < -0.3 is 10.2 Å². The normalized spacial score (nSPS) is 17.6. The quantitative estimate of drug-likeness (QED) is 0.941. The fourth-order valence-electron chi connectivity index (χ4n) is 2.65. The van der Waals surface area contributed by atoms with E-state index in [1.807, 2.05) is 44.4 Å². The van der Waals surface area contributed by atoms with Crippen LogP contribution in [0.5, 0.6) is 0 Å². The minimum atomic E-state index is -0.340. The summed E-state index contributed by atoms with van der Waals surface area (Å²) in [6.07, 6.45) is 0.239. The molecule has 1 fully saturated rings. The van der Waals surface area contributed by atoms with Gasteiger partial charge in [0, 0.05) is 24.0 Å². The van der Waals surface area contributed by atoms with Crippen LogP contribution in [-0.2, 0) is 9.59 Å². The molecular weight excluding hydrogens is 310 g/mol. The minimum Gasteiger partial charge on any atom is -0.312 e. The molecule has 0 radical (unpaired) electrons. The summed E-state index contributed by atoms with van der Waals surface area (Å²) in [5, 5.41) is 5.28. The highest BCUT2D eigenvalue weighted by atomic mass is 32.1. The van der Waals surface area contributed by atoms with Crippen molar-refractivity contribution < 1.29 is 9.59 Å². The van der Waals surface area contributed by atoms with Crippen LogP contribution in [0.25, 0.3) is 0 Å². The van der Waals surface area contributed by atoms with E-state index in [9.17, 15) is 9.59 Å². The van der Waals surface area contributed by atoms with Crippen LogP contribution in [0.15, 0.2) is 23.6 Å². The van der Waals surface area contributed by atoms with E-state index in [1.54, 1.807) is 4.90 Å². The molecule has 0 aliphatic carbocycles. The summed E-state index contributed by atoms with van der Waals surface area (Å²) in [5.41, 5.74) is 4.07. The van der Waals surface area contributed by atoms with Gasteiger partial charge in [-0.05, 0) is 44.0 Å². The van der Waals surface area contributed by atoms with E-state index >= 15 is 0 Å². The second kappa shape index (κ2) is 6.12. The summed E-state index contributed by atoms with van der Waals surface area (Å²) in [6.45, 7) is 6.36. The van der Waals surface area contributed by atoms with Crippen LogP contribution < -0.4 is 10.2 Å². The van der Waals surface area contributed by atoms with Crippen molar-refractivity contribution in [1.29, 1.82) is 0 Å². The van der Waals surface area contributed by atoms with Crippen molar-refractivity contribution in [3.05, 3.63) is 40.4 Å². The molecule has 23 heavy (non-hydrogen) atoms. The Balaban J connectivity index is 1.71. The molecule has 1 aliphatic rings. The Labute approximate surface area is 139 Å². The summed E-state index contributed by atoms with van der Waals surface area (Å²) >= 11 is 1.40. The minimum absolute atomic E-state index is 0.0104. The molecule has 1 N–H and O–H groups in total. The third kappa shape index (κ3) is 3.27. The van der Waals surface area contributed by atoms with Crippen LogP contribution in [0.4, 0.5) is 10.8 Å². The van der Waals surface area contributed by atoms with Gasteiger partial charge in [-0.1, -0.05) is 6.07 Å². The summed E-state index contributed by atoms with van der Waals surface area (Å²) in [5.74, 6) is -0.490. The zero-order chi connectivity index (χ0) is 16.6. The number of anilines is 2. The topological polar surface area (TPSA) is 62.3 Å². The smallest absolute Gasteiger partial charge is 0.231 e. The van der Waals surface area contributed by atoms with Crippen molar-refractivity contribution >= 4 is 34.0 Å². The van der Waals surface area contributed by atoms with Gasteiger partial charge in [-0.3, -0.25) is 9.59 Å². The van der Waals surface area contributed by atoms with E-state index in [0.29, 0.717) is 11.7 Å². The predicted octanol–water partition coefficient (Wildman–Crippen LogP) is 3.06. The zero-order valence-corrected chi connectivity index (χ0v) is 14.2. The molecular formula is C17H19N3O2S. The van der Waals surface area contributed by atoms with Crippen molar-refractivity contribution in [3.8, 4) is 0 Å². The van der Waals surface area contributed by atoms with Gasteiger partial charge in [0.2, 0.25) is 11.8 Å². The predicted molar refractivity (Wildman–Crippen MR) is 91.9 cm³/mol. The second-order valence-corrected chi connectivity index (χ2v) is 6.82. The molecule has 0 unspecified atom stereocenters. The molecule has 6 heteroatoms. The Morgan fingerprint density at radius 1 is 1.30 bits per heavy atom. The van der Waals surface area contributed by atoms with E-state index in [1.165, 1.54) is 16.9 Å². The lowest BCUT2D eigenvalue weighted by atomic mass is 10.1. The van der Waals surface area contributed by atoms with E-state index < -0.39 is 0 Å². The molecule has 5 nitrogen and oxygen atoms in total. The molecule has 2 heterocycles. The average molecular weight is 329 g/mol. The van der Waals surface area contributed by atoms with Gasteiger partial charge >= 0.3 is 0 Å². The van der Waals surface area contributed by atoms with Gasteiger partial charge in [-0.25, -0.2) is 4.98 Å². The number of aryl methyl sites for hydroxylation is 3. The summed E-state index contributed by atoms with van der Waals surface area (Å²) < 4.78 is 0. The van der Waals surface area contributed by atoms with E-state index in [-0.39, 0.29) is 24.2 Å². The van der Waals surface area contributed by atoms with Crippen molar-refractivity contribution in [1.82, 2.24) is 4.98 Å². The molecule has 0 bridgehead atoms. The molecule has 1 aromatic heterocycles. The van der Waals surface area contributed by atoms with Crippen molar-refractivity contribution in [2.75, 3.05) is 16.8 Å². The first-order valence-corrected chi connectivity index (χ1v) is 8.42. The van der Waals surface area contributed by atoms with Gasteiger partial charge in [0.1, 0.15) is 0 Å². The molecule has 0 saturated carbocycles. The summed E-state index contributed by atoms with van der Waals surface area (Å²) in [6, 6.07) is 5.94. The highest BCUT2D eigenvalue weighted by molar-refractivity contribution is 7.13. The fourth-order valence-corrected chi connectivity index (χ4v) is 3.34. The number of nitrogens with one attached hydrogen (secondary N) is 1. The number of benzene rings is 1. The largest absolute Gasteiger partial charge is 0.312 e. The maximum atomic E-state index is 12.3. The lowest BCUT2D eigenvalue weighted by Crippen LogP contribution is -2.28. The zero-order valence-electron chi connectivity index (χ0n) is 13.4. The Kier molecular flexibility index (Phi) is 4.17. The maximum absolute atomic E-state index is 12.3. The summed E-state index contributed by atoms with van der Waals surface area (Å²) in [4.78, 5) is 30.5. The van der Waals surface area contributed by atoms with Gasteiger partial charge in [-0.2, -0.15) is 0 Å². The molecule has 1 aliphatic heterocycles. The van der Waals surface area contributed by atoms with E-state index in [2.05, 4.69) is 10.3 Å². The van der Waals surface area contributed by atoms with Gasteiger partial charge in [-0.15, -0.1) is 11.3 Å². The lowest BCUT2D eigenvalue weighted by Gasteiger charge is -2.17. The van der Waals surface area contributed by atoms with Gasteiger partial charge in [0.05, 0.1) is 11.6 Å². The molecule has 1 saturated heterocycles. The first-order valence-electron chi connectivity index (χ1n) is 7.54. The van der Waals surface area contributed by atoms with Crippen LogP contribution >= 0.6 is 11.3 Å². The number of amides is 2. The Bertz CT molecular complexity index is 769. The Morgan fingerprint density at radius 3 is 2.74 bits per heavy atom. The highest BCUT2D eigenvalue weighted by Gasteiger charge is 2.35. The van der Waals surface area contributed by atoms with Crippen molar-refractivity contribution in [2.24, 2.45) is 5.92 Å². The maximum Gasteiger partial charge on any atom is 0.231 e. The number of aromatic nitrogens is 1. The average Bonchev–Trinajstić information content (AvgIpc) is 3.08. The Hall–Kier alpha value is -2.21. The third-order valence-corrected chi connectivity index (χ3v) is 5.02. The molecule has 0 spiro atoms. The van der Waals surface area contributed by atoms with Crippen LogP contribution in [0, 0.1) is 26.7 Å². The van der Waals surface area contributed by atoms with Gasteiger partial charge in [0.15, 0.2) is 5.13 Å². The van der Waals surface area contributed by atoms with E-state index in [4.69, 9.17) is 0 Å². The van der Waals surface area contributed by atoms with Crippen molar-refractivity contribution in [2.45, 2.75) is 27.2 Å². The standard InChI is InChI=1S/C17H19N3O2S/c1-10-4-5-14(6-11(10)2)20-8-13(7-15(20)21)16(22)19-17-18-12(3)9-23-17/h4-6,9,13H,7-8H2,1-3H3,(H,18,19,22)/t13-/m1/s1. The molecule has 1 aromatic carbocycles. The number of thiazole rings is 1. The van der Waals surface area contributed by atoms with E-state index in [0.717, 1.165) is 16.9 Å². The monoisotopic (exact) mass is 329 g/mol. The van der Waals surface area contributed by atoms with Gasteiger partial charge in [0.25, 0.3) is 0 Å². The molecule has 3 rings (SSSR count). The SMILES string of the molecule is Cc1csc(NC(=O)[C@@H]2CC(=O)N(c3ccc(C)c(C)c3)C2)n1. The van der Waals surface area contributed by atoms with Crippen LogP contribution in [0.3, 0.4) is 0 Å². The highest BCUT2D eigenvalue weighted by Crippen LogP contribution is 2.28. The Morgan fingerprint density at radius 2 is 2.09 bits per heavy atom.